The molecule has 0 unspecified atom stereocenters. The van der Waals surface area contributed by atoms with Crippen molar-refractivity contribution in [2.45, 2.75) is 25.3 Å². The van der Waals surface area contributed by atoms with Crippen LogP contribution in [0, 0.1) is 0 Å². The second kappa shape index (κ2) is 6.27. The highest BCUT2D eigenvalue weighted by Crippen LogP contribution is 2.21. The van der Waals surface area contributed by atoms with Gasteiger partial charge in [-0.3, -0.25) is 0 Å². The van der Waals surface area contributed by atoms with Crippen LogP contribution in [0.25, 0.3) is 0 Å². The van der Waals surface area contributed by atoms with E-state index in [0.717, 1.165) is 12.8 Å². The van der Waals surface area contributed by atoms with Crippen LogP contribution in [0.1, 0.15) is 19.3 Å². The van der Waals surface area contributed by atoms with Gasteiger partial charge < -0.3 is 20.1 Å². The van der Waals surface area contributed by atoms with Crippen molar-refractivity contribution in [1.29, 1.82) is 0 Å². The van der Waals surface area contributed by atoms with Crippen LogP contribution in [0.15, 0.2) is 24.3 Å². The molecule has 1 heterocycles. The number of carboxylic acid groups (broad SMARTS) is 1. The maximum absolute atomic E-state index is 12.2. The summed E-state index contributed by atoms with van der Waals surface area (Å²) in [6, 6.07) is 5.84. The molecule has 1 atom stereocenters. The van der Waals surface area contributed by atoms with Crippen molar-refractivity contribution in [3.05, 3.63) is 24.3 Å². The molecule has 1 fully saturated rings. The first-order chi connectivity index (χ1) is 9.61. The zero-order chi connectivity index (χ0) is 14.5. The summed E-state index contributed by atoms with van der Waals surface area (Å²) >= 11 is 0. The normalized spacial score (nSPS) is 18.4. The Morgan fingerprint density at radius 3 is 2.90 bits per heavy atom. The van der Waals surface area contributed by atoms with Gasteiger partial charge in [0, 0.05) is 18.3 Å². The third-order valence-corrected chi connectivity index (χ3v) is 3.37. The molecule has 0 saturated carbocycles. The molecule has 2 rings (SSSR count). The number of amides is 2. The van der Waals surface area contributed by atoms with E-state index in [1.54, 1.807) is 31.4 Å². The molecule has 2 amide bonds. The van der Waals surface area contributed by atoms with Crippen molar-refractivity contribution in [1.82, 2.24) is 4.90 Å². The summed E-state index contributed by atoms with van der Waals surface area (Å²) in [4.78, 5) is 24.8. The van der Waals surface area contributed by atoms with Crippen LogP contribution in [0.4, 0.5) is 10.5 Å². The number of aliphatic carboxylic acids is 1. The van der Waals surface area contributed by atoms with Crippen LogP contribution in [0.5, 0.6) is 5.75 Å². The van der Waals surface area contributed by atoms with Gasteiger partial charge in [0.2, 0.25) is 0 Å². The highest BCUT2D eigenvalue weighted by atomic mass is 16.5. The number of carboxylic acids is 1. The van der Waals surface area contributed by atoms with Gasteiger partial charge in [0.25, 0.3) is 0 Å². The van der Waals surface area contributed by atoms with E-state index in [1.807, 2.05) is 0 Å². The van der Waals surface area contributed by atoms with E-state index in [1.165, 1.54) is 4.90 Å². The number of benzene rings is 1. The Morgan fingerprint density at radius 2 is 2.20 bits per heavy atom. The van der Waals surface area contributed by atoms with Crippen LogP contribution in [-0.2, 0) is 4.79 Å². The molecule has 1 saturated heterocycles. The molecule has 0 aliphatic carbocycles. The molecule has 0 aromatic heterocycles. The first kappa shape index (κ1) is 14.2. The van der Waals surface area contributed by atoms with E-state index in [0.29, 0.717) is 24.4 Å². The predicted molar refractivity (Wildman–Crippen MR) is 74.0 cm³/mol. The highest BCUT2D eigenvalue weighted by molar-refractivity contribution is 5.92. The molecule has 0 bridgehead atoms. The molecule has 6 nitrogen and oxygen atoms in total. The van der Waals surface area contributed by atoms with E-state index >= 15 is 0 Å². The van der Waals surface area contributed by atoms with Gasteiger partial charge in [0.15, 0.2) is 0 Å². The SMILES string of the molecule is COc1cccc(NC(=O)N2CCCC[C@H]2C(=O)O)c1. The van der Waals surface area contributed by atoms with Crippen LogP contribution in [-0.4, -0.2) is 41.7 Å². The number of ether oxygens (including phenoxy) is 1. The Balaban J connectivity index is 2.07. The van der Waals surface area contributed by atoms with Gasteiger partial charge in [-0.25, -0.2) is 9.59 Å². The lowest BCUT2D eigenvalue weighted by molar-refractivity contribution is -0.143. The number of likely N-dealkylation sites (tertiary alicyclic amines) is 1. The second-order valence-corrected chi connectivity index (χ2v) is 4.71. The number of hydrogen-bond donors (Lipinski definition) is 2. The van der Waals surface area contributed by atoms with Crippen molar-refractivity contribution in [3.63, 3.8) is 0 Å². The third kappa shape index (κ3) is 3.20. The number of piperidine rings is 1. The molecule has 108 valence electrons. The Morgan fingerprint density at radius 1 is 1.40 bits per heavy atom. The van der Waals surface area contributed by atoms with Crippen molar-refractivity contribution in [2.24, 2.45) is 0 Å². The summed E-state index contributed by atoms with van der Waals surface area (Å²) in [5.41, 5.74) is 0.587. The molecule has 0 radical (unpaired) electrons. The summed E-state index contributed by atoms with van der Waals surface area (Å²) in [6.45, 7) is 0.465. The summed E-state index contributed by atoms with van der Waals surface area (Å²) in [6.07, 6.45) is 2.16. The molecule has 20 heavy (non-hydrogen) atoms. The fraction of sp³-hybridized carbons (Fsp3) is 0.429. The number of nitrogens with zero attached hydrogens (tertiary/aromatic N) is 1. The molecule has 2 N–H and O–H groups in total. The molecule has 1 aliphatic heterocycles. The number of hydrogen-bond acceptors (Lipinski definition) is 3. The lowest BCUT2D eigenvalue weighted by Crippen LogP contribution is -2.49. The van der Waals surface area contributed by atoms with Crippen LogP contribution in [0.2, 0.25) is 0 Å². The lowest BCUT2D eigenvalue weighted by Gasteiger charge is -2.32. The summed E-state index contributed by atoms with van der Waals surface area (Å²) in [7, 11) is 1.55. The molecule has 6 heteroatoms. The number of anilines is 1. The fourth-order valence-electron chi connectivity index (χ4n) is 2.33. The van der Waals surface area contributed by atoms with Crippen LogP contribution < -0.4 is 10.1 Å². The number of urea groups is 1. The van der Waals surface area contributed by atoms with E-state index < -0.39 is 12.0 Å². The highest BCUT2D eigenvalue weighted by Gasteiger charge is 2.31. The predicted octanol–water partition coefficient (Wildman–Crippen LogP) is 2.17. The van der Waals surface area contributed by atoms with Gasteiger partial charge >= 0.3 is 12.0 Å². The third-order valence-electron chi connectivity index (χ3n) is 3.37. The number of nitrogens with one attached hydrogen (secondary N) is 1. The number of methoxy groups -OCH3 is 1. The van der Waals surface area contributed by atoms with E-state index in [-0.39, 0.29) is 6.03 Å². The molecule has 1 aromatic carbocycles. The first-order valence-electron chi connectivity index (χ1n) is 6.56. The van der Waals surface area contributed by atoms with Gasteiger partial charge in [-0.2, -0.15) is 0 Å². The minimum Gasteiger partial charge on any atom is -0.497 e. The quantitative estimate of drug-likeness (QED) is 0.888. The molecule has 1 aliphatic rings. The van der Waals surface area contributed by atoms with Crippen LogP contribution >= 0.6 is 0 Å². The molecule has 1 aromatic rings. The topological polar surface area (TPSA) is 78.9 Å². The van der Waals surface area contributed by atoms with Crippen molar-refractivity contribution < 1.29 is 19.4 Å². The van der Waals surface area contributed by atoms with Crippen LogP contribution in [0.3, 0.4) is 0 Å². The monoisotopic (exact) mass is 278 g/mol. The lowest BCUT2D eigenvalue weighted by atomic mass is 10.0. The average molecular weight is 278 g/mol. The Hall–Kier alpha value is -2.24. The smallest absolute Gasteiger partial charge is 0.326 e. The largest absolute Gasteiger partial charge is 0.497 e. The zero-order valence-corrected chi connectivity index (χ0v) is 11.3. The maximum Gasteiger partial charge on any atom is 0.326 e. The van der Waals surface area contributed by atoms with Crippen molar-refractivity contribution >= 4 is 17.7 Å². The Bertz CT molecular complexity index is 504. The standard InChI is InChI=1S/C14H18N2O4/c1-20-11-6-4-5-10(9-11)15-14(19)16-8-3-2-7-12(16)13(17)18/h4-6,9,12H,2-3,7-8H2,1H3,(H,15,19)(H,17,18)/t12-/m0/s1. The van der Waals surface area contributed by atoms with Gasteiger partial charge in [0.1, 0.15) is 11.8 Å². The minimum absolute atomic E-state index is 0.384. The molecular formula is C14H18N2O4. The first-order valence-corrected chi connectivity index (χ1v) is 6.56. The van der Waals surface area contributed by atoms with Crippen molar-refractivity contribution in [2.75, 3.05) is 19.0 Å². The second-order valence-electron chi connectivity index (χ2n) is 4.71. The molecule has 0 spiro atoms. The van der Waals surface area contributed by atoms with E-state index in [2.05, 4.69) is 5.32 Å². The van der Waals surface area contributed by atoms with Gasteiger partial charge in [-0.1, -0.05) is 6.07 Å². The number of carbonyl (C=O) groups is 2. The number of carbonyl (C=O) groups excluding carboxylic acids is 1. The Labute approximate surface area is 117 Å². The number of rotatable bonds is 3. The maximum atomic E-state index is 12.2. The van der Waals surface area contributed by atoms with E-state index in [9.17, 15) is 9.59 Å². The minimum atomic E-state index is -0.953. The van der Waals surface area contributed by atoms with Gasteiger partial charge in [-0.05, 0) is 31.4 Å². The van der Waals surface area contributed by atoms with Gasteiger partial charge in [-0.15, -0.1) is 0 Å². The summed E-state index contributed by atoms with van der Waals surface area (Å²) < 4.78 is 5.08. The van der Waals surface area contributed by atoms with E-state index in [4.69, 9.17) is 9.84 Å². The Kier molecular flexibility index (Phi) is 4.45. The average Bonchev–Trinajstić information content (AvgIpc) is 2.47. The summed E-state index contributed by atoms with van der Waals surface area (Å²) in [5, 5.41) is 11.9. The zero-order valence-electron chi connectivity index (χ0n) is 11.3. The fourth-order valence-corrected chi connectivity index (χ4v) is 2.33. The molecular weight excluding hydrogens is 260 g/mol. The van der Waals surface area contributed by atoms with Gasteiger partial charge in [0.05, 0.1) is 7.11 Å². The van der Waals surface area contributed by atoms with Crippen molar-refractivity contribution in [3.8, 4) is 5.75 Å². The summed E-state index contributed by atoms with van der Waals surface area (Å²) in [5.74, 6) is -0.318.